The molecule has 0 radical (unpaired) electrons. The first kappa shape index (κ1) is 11.6. The van der Waals surface area contributed by atoms with Crippen LogP contribution >= 0.6 is 0 Å². The molecule has 1 N–H and O–H groups in total. The highest BCUT2D eigenvalue weighted by Gasteiger charge is 2.24. The molecule has 0 aliphatic carbocycles. The first-order valence-electron chi connectivity index (χ1n) is 6.05. The van der Waals surface area contributed by atoms with Crippen molar-refractivity contribution in [2.24, 2.45) is 0 Å². The topological polar surface area (TPSA) is 29.5 Å². The van der Waals surface area contributed by atoms with Crippen LogP contribution in [0.5, 0.6) is 0 Å². The van der Waals surface area contributed by atoms with E-state index in [1.807, 2.05) is 19.1 Å². The van der Waals surface area contributed by atoms with E-state index in [1.165, 1.54) is 5.56 Å². The molecule has 0 amide bonds. The maximum absolute atomic E-state index is 10.3. The predicted molar refractivity (Wildman–Crippen MR) is 64.5 cm³/mol. The van der Waals surface area contributed by atoms with Gasteiger partial charge in [-0.3, -0.25) is 0 Å². The Balaban J connectivity index is 2.15. The monoisotopic (exact) mass is 220 g/mol. The van der Waals surface area contributed by atoms with Crippen LogP contribution in [-0.4, -0.2) is 17.8 Å². The Hall–Kier alpha value is -0.860. The molecule has 0 bridgehead atoms. The van der Waals surface area contributed by atoms with Gasteiger partial charge in [-0.1, -0.05) is 23.8 Å². The van der Waals surface area contributed by atoms with Crippen molar-refractivity contribution in [3.05, 3.63) is 34.9 Å². The average molecular weight is 220 g/mol. The summed E-state index contributed by atoms with van der Waals surface area (Å²) in [5.74, 6) is 0. The lowest BCUT2D eigenvalue weighted by Gasteiger charge is -2.28. The molecular weight excluding hydrogens is 200 g/mol. The minimum atomic E-state index is -0.471. The summed E-state index contributed by atoms with van der Waals surface area (Å²) < 4.78 is 5.63. The zero-order valence-corrected chi connectivity index (χ0v) is 10.1. The predicted octanol–water partition coefficient (Wildman–Crippen LogP) is 2.91. The molecule has 1 aromatic rings. The van der Waals surface area contributed by atoms with Crippen molar-refractivity contribution in [2.75, 3.05) is 6.61 Å². The van der Waals surface area contributed by atoms with Gasteiger partial charge in [-0.05, 0) is 44.2 Å². The zero-order chi connectivity index (χ0) is 11.5. The van der Waals surface area contributed by atoms with Gasteiger partial charge in [0, 0.05) is 6.61 Å². The maximum Gasteiger partial charge on any atom is 0.105 e. The number of aliphatic hydroxyl groups excluding tert-OH is 1. The van der Waals surface area contributed by atoms with Crippen molar-refractivity contribution in [1.82, 2.24) is 0 Å². The SMILES string of the molecule is Cc1ccc(C(O)C2CCCCO2)c(C)c1. The number of benzene rings is 1. The molecule has 88 valence electrons. The first-order valence-corrected chi connectivity index (χ1v) is 6.05. The third kappa shape index (κ3) is 2.45. The van der Waals surface area contributed by atoms with Gasteiger partial charge < -0.3 is 9.84 Å². The van der Waals surface area contributed by atoms with Crippen LogP contribution in [0, 0.1) is 13.8 Å². The minimum Gasteiger partial charge on any atom is -0.386 e. The molecule has 16 heavy (non-hydrogen) atoms. The summed E-state index contributed by atoms with van der Waals surface area (Å²) in [6.07, 6.45) is 2.76. The Morgan fingerprint density at radius 2 is 2.12 bits per heavy atom. The third-order valence-electron chi connectivity index (χ3n) is 3.31. The fourth-order valence-electron chi connectivity index (χ4n) is 2.37. The van der Waals surface area contributed by atoms with Gasteiger partial charge in [0.25, 0.3) is 0 Å². The molecule has 0 aromatic heterocycles. The van der Waals surface area contributed by atoms with Crippen molar-refractivity contribution in [1.29, 1.82) is 0 Å². The van der Waals surface area contributed by atoms with E-state index < -0.39 is 6.10 Å². The smallest absolute Gasteiger partial charge is 0.105 e. The lowest BCUT2D eigenvalue weighted by atomic mass is 9.94. The molecule has 2 unspecified atom stereocenters. The van der Waals surface area contributed by atoms with Crippen LogP contribution in [0.4, 0.5) is 0 Å². The molecule has 0 spiro atoms. The molecule has 2 rings (SSSR count). The third-order valence-corrected chi connectivity index (χ3v) is 3.31. The molecule has 1 saturated heterocycles. The van der Waals surface area contributed by atoms with E-state index in [2.05, 4.69) is 13.0 Å². The van der Waals surface area contributed by atoms with Gasteiger partial charge in [0.1, 0.15) is 6.10 Å². The molecule has 2 nitrogen and oxygen atoms in total. The van der Waals surface area contributed by atoms with E-state index >= 15 is 0 Å². The van der Waals surface area contributed by atoms with Crippen LogP contribution in [0.1, 0.15) is 42.1 Å². The van der Waals surface area contributed by atoms with Gasteiger partial charge >= 0.3 is 0 Å². The van der Waals surface area contributed by atoms with Crippen LogP contribution in [0.2, 0.25) is 0 Å². The maximum atomic E-state index is 10.3. The van der Waals surface area contributed by atoms with Crippen molar-refractivity contribution >= 4 is 0 Å². The van der Waals surface area contributed by atoms with Crippen LogP contribution in [0.25, 0.3) is 0 Å². The van der Waals surface area contributed by atoms with Gasteiger partial charge in [0.2, 0.25) is 0 Å². The van der Waals surface area contributed by atoms with Crippen LogP contribution in [0.3, 0.4) is 0 Å². The van der Waals surface area contributed by atoms with Crippen molar-refractivity contribution in [2.45, 2.75) is 45.3 Å². The van der Waals surface area contributed by atoms with Crippen LogP contribution in [-0.2, 0) is 4.74 Å². The van der Waals surface area contributed by atoms with Gasteiger partial charge in [-0.15, -0.1) is 0 Å². The Morgan fingerprint density at radius 1 is 1.31 bits per heavy atom. The zero-order valence-electron chi connectivity index (χ0n) is 10.1. The van der Waals surface area contributed by atoms with Gasteiger partial charge in [0.05, 0.1) is 6.10 Å². The summed E-state index contributed by atoms with van der Waals surface area (Å²) in [4.78, 5) is 0. The average Bonchev–Trinajstić information content (AvgIpc) is 2.29. The van der Waals surface area contributed by atoms with Gasteiger partial charge in [-0.2, -0.15) is 0 Å². The van der Waals surface area contributed by atoms with E-state index in [0.717, 1.165) is 37.0 Å². The lowest BCUT2D eigenvalue weighted by molar-refractivity contribution is -0.0635. The summed E-state index contributed by atoms with van der Waals surface area (Å²) >= 11 is 0. The summed E-state index contributed by atoms with van der Waals surface area (Å²) in [6, 6.07) is 6.18. The minimum absolute atomic E-state index is 0.0184. The molecule has 2 heteroatoms. The van der Waals surface area contributed by atoms with Crippen molar-refractivity contribution in [3.63, 3.8) is 0 Å². The highest BCUT2D eigenvalue weighted by atomic mass is 16.5. The molecule has 1 aliphatic heterocycles. The molecule has 0 saturated carbocycles. The number of hydrogen-bond donors (Lipinski definition) is 1. The Labute approximate surface area is 97.3 Å². The van der Waals surface area contributed by atoms with Gasteiger partial charge in [-0.25, -0.2) is 0 Å². The standard InChI is InChI=1S/C14H20O2/c1-10-6-7-12(11(2)9-10)14(15)13-5-3-4-8-16-13/h6-7,9,13-15H,3-5,8H2,1-2H3. The number of ether oxygens (including phenoxy) is 1. The van der Waals surface area contributed by atoms with E-state index in [4.69, 9.17) is 4.74 Å². The quantitative estimate of drug-likeness (QED) is 0.830. The fourth-order valence-corrected chi connectivity index (χ4v) is 2.37. The largest absolute Gasteiger partial charge is 0.386 e. The second kappa shape index (κ2) is 4.98. The Bertz CT molecular complexity index is 354. The number of hydrogen-bond acceptors (Lipinski definition) is 2. The molecule has 1 heterocycles. The molecule has 1 aliphatic rings. The van der Waals surface area contributed by atoms with E-state index in [9.17, 15) is 5.11 Å². The van der Waals surface area contributed by atoms with Gasteiger partial charge in [0.15, 0.2) is 0 Å². The van der Waals surface area contributed by atoms with Crippen molar-refractivity contribution < 1.29 is 9.84 Å². The normalized spacial score (nSPS) is 23.1. The summed E-state index contributed by atoms with van der Waals surface area (Å²) in [5, 5.41) is 10.3. The fraction of sp³-hybridized carbons (Fsp3) is 0.571. The number of rotatable bonds is 2. The van der Waals surface area contributed by atoms with Crippen LogP contribution in [0.15, 0.2) is 18.2 Å². The second-order valence-corrected chi connectivity index (χ2v) is 4.71. The first-order chi connectivity index (χ1) is 7.68. The lowest BCUT2D eigenvalue weighted by Crippen LogP contribution is -2.26. The van der Waals surface area contributed by atoms with E-state index in [0.29, 0.717) is 0 Å². The Morgan fingerprint density at radius 3 is 2.75 bits per heavy atom. The number of aryl methyl sites for hydroxylation is 2. The summed E-state index contributed by atoms with van der Waals surface area (Å²) in [5.41, 5.74) is 3.40. The highest BCUT2D eigenvalue weighted by Crippen LogP contribution is 2.28. The highest BCUT2D eigenvalue weighted by molar-refractivity contribution is 5.32. The van der Waals surface area contributed by atoms with Crippen LogP contribution < -0.4 is 0 Å². The second-order valence-electron chi connectivity index (χ2n) is 4.71. The van der Waals surface area contributed by atoms with E-state index in [-0.39, 0.29) is 6.10 Å². The summed E-state index contributed by atoms with van der Waals surface area (Å²) in [6.45, 7) is 4.90. The molecule has 1 aromatic carbocycles. The summed E-state index contributed by atoms with van der Waals surface area (Å²) in [7, 11) is 0. The Kier molecular flexibility index (Phi) is 3.62. The number of aliphatic hydroxyl groups is 1. The molecule has 1 fully saturated rings. The molecule has 2 atom stereocenters. The molecular formula is C14H20O2. The van der Waals surface area contributed by atoms with Crippen molar-refractivity contribution in [3.8, 4) is 0 Å². The van der Waals surface area contributed by atoms with E-state index in [1.54, 1.807) is 0 Å².